The van der Waals surface area contributed by atoms with E-state index in [4.69, 9.17) is 4.74 Å². The maximum atomic E-state index is 11.5. The molecule has 0 aromatic heterocycles. The maximum absolute atomic E-state index is 11.5. The van der Waals surface area contributed by atoms with Gasteiger partial charge in [-0.3, -0.25) is 0 Å². The van der Waals surface area contributed by atoms with Gasteiger partial charge in [0, 0.05) is 6.26 Å². The predicted octanol–water partition coefficient (Wildman–Crippen LogP) is 3.08. The van der Waals surface area contributed by atoms with E-state index in [1.807, 2.05) is 6.07 Å². The largest absolute Gasteiger partial charge is 0.491 e. The van der Waals surface area contributed by atoms with Gasteiger partial charge in [0.25, 0.3) is 0 Å². The molecule has 3 rings (SSSR count). The third-order valence-corrected chi connectivity index (χ3v) is 5.55. The number of aryl methyl sites for hydroxylation is 2. The Hall–Kier alpha value is -1.85. The highest BCUT2D eigenvalue weighted by Gasteiger charge is 2.13. The van der Waals surface area contributed by atoms with E-state index in [0.717, 1.165) is 24.8 Å². The van der Waals surface area contributed by atoms with Crippen molar-refractivity contribution < 1.29 is 18.3 Å². The Balaban J connectivity index is 1.64. The third-order valence-electron chi connectivity index (χ3n) is 4.42. The van der Waals surface area contributed by atoms with Crippen LogP contribution in [0.5, 0.6) is 5.75 Å². The molecule has 128 valence electrons. The molecule has 1 unspecified atom stereocenters. The molecule has 0 aliphatic heterocycles. The van der Waals surface area contributed by atoms with Crippen molar-refractivity contribution in [3.63, 3.8) is 0 Å². The first-order valence-electron chi connectivity index (χ1n) is 8.16. The van der Waals surface area contributed by atoms with Crippen molar-refractivity contribution >= 4 is 9.84 Å². The molecule has 4 nitrogen and oxygen atoms in total. The quantitative estimate of drug-likeness (QED) is 0.904. The van der Waals surface area contributed by atoms with E-state index in [1.165, 1.54) is 36.1 Å². The van der Waals surface area contributed by atoms with Crippen molar-refractivity contribution in [1.82, 2.24) is 0 Å². The second-order valence-corrected chi connectivity index (χ2v) is 8.32. The van der Waals surface area contributed by atoms with Gasteiger partial charge < -0.3 is 9.84 Å². The average Bonchev–Trinajstić information content (AvgIpc) is 2.59. The van der Waals surface area contributed by atoms with E-state index in [9.17, 15) is 13.5 Å². The molecule has 24 heavy (non-hydrogen) atoms. The highest BCUT2D eigenvalue weighted by atomic mass is 32.2. The van der Waals surface area contributed by atoms with Gasteiger partial charge in [-0.2, -0.15) is 0 Å². The minimum Gasteiger partial charge on any atom is -0.491 e. The van der Waals surface area contributed by atoms with E-state index in [0.29, 0.717) is 5.56 Å². The second kappa shape index (κ2) is 6.95. The fraction of sp³-hybridized carbons (Fsp3) is 0.368. The van der Waals surface area contributed by atoms with Gasteiger partial charge in [-0.1, -0.05) is 18.2 Å². The van der Waals surface area contributed by atoms with Gasteiger partial charge in [-0.25, -0.2) is 8.42 Å². The molecule has 1 aliphatic rings. The van der Waals surface area contributed by atoms with Crippen molar-refractivity contribution in [2.75, 3.05) is 12.9 Å². The van der Waals surface area contributed by atoms with Crippen LogP contribution < -0.4 is 4.74 Å². The molecule has 2 aromatic rings. The molecule has 2 aromatic carbocycles. The fourth-order valence-electron chi connectivity index (χ4n) is 3.01. The summed E-state index contributed by atoms with van der Waals surface area (Å²) in [7, 11) is -3.22. The minimum absolute atomic E-state index is 0.136. The van der Waals surface area contributed by atoms with Crippen molar-refractivity contribution in [2.45, 2.75) is 36.7 Å². The van der Waals surface area contributed by atoms with Crippen LogP contribution >= 0.6 is 0 Å². The monoisotopic (exact) mass is 346 g/mol. The van der Waals surface area contributed by atoms with Crippen LogP contribution in [0.2, 0.25) is 0 Å². The molecule has 1 aliphatic carbocycles. The number of aliphatic hydroxyl groups excluding tert-OH is 1. The van der Waals surface area contributed by atoms with E-state index in [1.54, 1.807) is 12.1 Å². The summed E-state index contributed by atoms with van der Waals surface area (Å²) in [5.41, 5.74) is 3.37. The normalized spacial score (nSPS) is 15.6. The summed E-state index contributed by atoms with van der Waals surface area (Å²) >= 11 is 0. The molecule has 0 spiro atoms. The summed E-state index contributed by atoms with van der Waals surface area (Å²) in [5.74, 6) is 0.766. The lowest BCUT2D eigenvalue weighted by atomic mass is 9.92. The molecule has 1 N–H and O–H groups in total. The first-order chi connectivity index (χ1) is 11.4. The lowest BCUT2D eigenvalue weighted by Crippen LogP contribution is -2.11. The van der Waals surface area contributed by atoms with Crippen LogP contribution in [0, 0.1) is 0 Å². The highest BCUT2D eigenvalue weighted by Crippen LogP contribution is 2.26. The van der Waals surface area contributed by atoms with Gasteiger partial charge in [-0.05, 0) is 66.6 Å². The van der Waals surface area contributed by atoms with Crippen LogP contribution in [0.25, 0.3) is 0 Å². The number of fused-ring (bicyclic) bond motifs is 1. The number of ether oxygens (including phenoxy) is 1. The van der Waals surface area contributed by atoms with Crippen LogP contribution in [-0.2, 0) is 22.7 Å². The lowest BCUT2D eigenvalue weighted by molar-refractivity contribution is 0.108. The van der Waals surface area contributed by atoms with Gasteiger partial charge in [0.05, 0.1) is 4.90 Å². The SMILES string of the molecule is CS(=O)(=O)c1ccc(C(O)COc2ccc3c(c2)CCCC3)cc1. The predicted molar refractivity (Wildman–Crippen MR) is 93.1 cm³/mol. The topological polar surface area (TPSA) is 63.6 Å². The van der Waals surface area contributed by atoms with E-state index in [-0.39, 0.29) is 11.5 Å². The van der Waals surface area contributed by atoms with Crippen molar-refractivity contribution in [2.24, 2.45) is 0 Å². The molecule has 0 fully saturated rings. The van der Waals surface area contributed by atoms with Gasteiger partial charge in [0.1, 0.15) is 18.5 Å². The molecule has 0 radical (unpaired) electrons. The summed E-state index contributed by atoms with van der Waals surface area (Å²) in [6.07, 6.45) is 5.04. The minimum atomic E-state index is -3.22. The zero-order chi connectivity index (χ0) is 17.2. The fourth-order valence-corrected chi connectivity index (χ4v) is 3.64. The van der Waals surface area contributed by atoms with Crippen LogP contribution in [0.3, 0.4) is 0 Å². The maximum Gasteiger partial charge on any atom is 0.175 e. The van der Waals surface area contributed by atoms with Crippen LogP contribution in [0.1, 0.15) is 35.6 Å². The molecule has 0 saturated carbocycles. The number of sulfone groups is 1. The Kier molecular flexibility index (Phi) is 4.92. The highest BCUT2D eigenvalue weighted by molar-refractivity contribution is 7.90. The van der Waals surface area contributed by atoms with Gasteiger partial charge in [-0.15, -0.1) is 0 Å². The molecule has 0 saturated heterocycles. The van der Waals surface area contributed by atoms with Crippen molar-refractivity contribution in [1.29, 1.82) is 0 Å². The van der Waals surface area contributed by atoms with E-state index >= 15 is 0 Å². The summed E-state index contributed by atoms with van der Waals surface area (Å²) in [6.45, 7) is 0.136. The standard InChI is InChI=1S/C19H22O4S/c1-24(21,22)18-10-7-15(8-11-18)19(20)13-23-17-9-6-14-4-2-3-5-16(14)12-17/h6-12,19-20H,2-5,13H2,1H3. The Morgan fingerprint density at radius 3 is 2.38 bits per heavy atom. The molecule has 1 atom stereocenters. The van der Waals surface area contributed by atoms with Crippen LogP contribution in [0.4, 0.5) is 0 Å². The summed E-state index contributed by atoms with van der Waals surface area (Å²) in [6, 6.07) is 12.4. The number of hydrogen-bond acceptors (Lipinski definition) is 4. The Bertz CT molecular complexity index is 810. The Morgan fingerprint density at radius 2 is 1.71 bits per heavy atom. The second-order valence-electron chi connectivity index (χ2n) is 6.31. The number of benzene rings is 2. The zero-order valence-electron chi connectivity index (χ0n) is 13.7. The molecular formula is C19H22O4S. The average molecular weight is 346 g/mol. The Morgan fingerprint density at radius 1 is 1.04 bits per heavy atom. The smallest absolute Gasteiger partial charge is 0.175 e. The van der Waals surface area contributed by atoms with Crippen molar-refractivity contribution in [3.8, 4) is 5.75 Å². The van der Waals surface area contributed by atoms with E-state index in [2.05, 4.69) is 12.1 Å². The van der Waals surface area contributed by atoms with Gasteiger partial charge >= 0.3 is 0 Å². The van der Waals surface area contributed by atoms with Gasteiger partial charge in [0.2, 0.25) is 0 Å². The lowest BCUT2D eigenvalue weighted by Gasteiger charge is -2.18. The zero-order valence-corrected chi connectivity index (χ0v) is 14.6. The van der Waals surface area contributed by atoms with Crippen LogP contribution in [-0.4, -0.2) is 26.4 Å². The number of aliphatic hydroxyl groups is 1. The molecule has 0 bridgehead atoms. The molecule has 0 amide bonds. The molecular weight excluding hydrogens is 324 g/mol. The first-order valence-corrected chi connectivity index (χ1v) is 10.1. The summed E-state index contributed by atoms with van der Waals surface area (Å²) in [5, 5.41) is 10.2. The summed E-state index contributed by atoms with van der Waals surface area (Å²) < 4.78 is 28.6. The van der Waals surface area contributed by atoms with Crippen molar-refractivity contribution in [3.05, 3.63) is 59.2 Å². The molecule has 0 heterocycles. The molecule has 5 heteroatoms. The first kappa shape index (κ1) is 17.0. The Labute approximate surface area is 143 Å². The summed E-state index contributed by atoms with van der Waals surface area (Å²) in [4.78, 5) is 0.244. The van der Waals surface area contributed by atoms with Gasteiger partial charge in [0.15, 0.2) is 9.84 Å². The van der Waals surface area contributed by atoms with Crippen LogP contribution in [0.15, 0.2) is 47.4 Å². The number of rotatable bonds is 5. The number of hydrogen-bond donors (Lipinski definition) is 1. The third kappa shape index (κ3) is 3.97. The van der Waals surface area contributed by atoms with E-state index < -0.39 is 15.9 Å².